The zero-order valence-electron chi connectivity index (χ0n) is 15.4. The van der Waals surface area contributed by atoms with Crippen molar-refractivity contribution in [1.82, 2.24) is 0 Å². The Morgan fingerprint density at radius 1 is 0.963 bits per heavy atom. The monoisotopic (exact) mass is 354 g/mol. The molecule has 0 fully saturated rings. The summed E-state index contributed by atoms with van der Waals surface area (Å²) in [6, 6.07) is 26.8. The highest BCUT2D eigenvalue weighted by molar-refractivity contribution is 5.71. The highest BCUT2D eigenvalue weighted by Gasteiger charge is 2.35. The van der Waals surface area contributed by atoms with Crippen molar-refractivity contribution in [2.45, 2.75) is 12.3 Å². The van der Waals surface area contributed by atoms with Crippen LogP contribution in [0.5, 0.6) is 11.5 Å². The highest BCUT2D eigenvalue weighted by atomic mass is 16.5. The fourth-order valence-corrected chi connectivity index (χ4v) is 3.52. The fourth-order valence-electron chi connectivity index (χ4n) is 3.52. The van der Waals surface area contributed by atoms with Crippen molar-refractivity contribution in [2.75, 3.05) is 6.61 Å². The molecular formula is C25H22O2. The van der Waals surface area contributed by atoms with E-state index < -0.39 is 0 Å². The van der Waals surface area contributed by atoms with E-state index >= 15 is 0 Å². The van der Waals surface area contributed by atoms with Crippen LogP contribution in [0.15, 0.2) is 97.6 Å². The molecule has 3 aromatic carbocycles. The zero-order valence-corrected chi connectivity index (χ0v) is 15.4. The molecule has 0 aliphatic carbocycles. The van der Waals surface area contributed by atoms with Gasteiger partial charge in [-0.1, -0.05) is 79.4 Å². The first kappa shape index (κ1) is 17.2. The molecule has 0 bridgehead atoms. The van der Waals surface area contributed by atoms with E-state index in [0.717, 1.165) is 28.4 Å². The lowest BCUT2D eigenvalue weighted by atomic mass is 9.74. The van der Waals surface area contributed by atoms with E-state index in [1.54, 1.807) is 6.08 Å². The molecule has 3 aromatic rings. The summed E-state index contributed by atoms with van der Waals surface area (Å²) in [6.45, 7) is 6.41. The summed E-state index contributed by atoms with van der Waals surface area (Å²) in [5, 5.41) is 0. The molecule has 1 aliphatic heterocycles. The maximum absolute atomic E-state index is 6.31. The molecule has 134 valence electrons. The Morgan fingerprint density at radius 3 is 2.37 bits per heavy atom. The summed E-state index contributed by atoms with van der Waals surface area (Å²) < 4.78 is 12.0. The number of hydrogen-bond donors (Lipinski definition) is 0. The topological polar surface area (TPSA) is 18.5 Å². The van der Waals surface area contributed by atoms with Crippen LogP contribution in [0.2, 0.25) is 0 Å². The Kier molecular flexibility index (Phi) is 4.55. The Balaban J connectivity index is 1.86. The molecular weight excluding hydrogens is 332 g/mol. The lowest BCUT2D eigenvalue weighted by Gasteiger charge is -2.34. The Labute approximate surface area is 160 Å². The first-order chi connectivity index (χ1) is 13.2. The second-order valence-electron chi connectivity index (χ2n) is 6.80. The third-order valence-corrected chi connectivity index (χ3v) is 4.95. The van der Waals surface area contributed by atoms with E-state index in [2.05, 4.69) is 62.0 Å². The van der Waals surface area contributed by atoms with E-state index in [9.17, 15) is 0 Å². The van der Waals surface area contributed by atoms with Crippen molar-refractivity contribution >= 4 is 5.76 Å². The Hall–Kier alpha value is -3.26. The Morgan fingerprint density at radius 2 is 1.67 bits per heavy atom. The van der Waals surface area contributed by atoms with Crippen LogP contribution in [-0.4, -0.2) is 6.61 Å². The van der Waals surface area contributed by atoms with Crippen molar-refractivity contribution in [1.29, 1.82) is 0 Å². The summed E-state index contributed by atoms with van der Waals surface area (Å²) in [5.74, 6) is 2.46. The van der Waals surface area contributed by atoms with Gasteiger partial charge in [0.15, 0.2) is 0 Å². The van der Waals surface area contributed by atoms with Crippen LogP contribution in [0, 0.1) is 0 Å². The lowest BCUT2D eigenvalue weighted by Crippen LogP contribution is -2.26. The zero-order chi connectivity index (χ0) is 18.7. The minimum atomic E-state index is -0.295. The van der Waals surface area contributed by atoms with Crippen molar-refractivity contribution < 1.29 is 9.47 Å². The molecule has 0 spiro atoms. The average molecular weight is 354 g/mol. The second-order valence-corrected chi connectivity index (χ2v) is 6.80. The first-order valence-electron chi connectivity index (χ1n) is 9.10. The van der Waals surface area contributed by atoms with Crippen LogP contribution >= 0.6 is 0 Å². The third kappa shape index (κ3) is 3.26. The van der Waals surface area contributed by atoms with Gasteiger partial charge < -0.3 is 9.47 Å². The van der Waals surface area contributed by atoms with Gasteiger partial charge in [-0.15, -0.1) is 0 Å². The van der Waals surface area contributed by atoms with Crippen molar-refractivity contribution in [3.8, 4) is 11.5 Å². The summed E-state index contributed by atoms with van der Waals surface area (Å²) in [4.78, 5) is 0. The van der Waals surface area contributed by atoms with Crippen LogP contribution in [-0.2, 0) is 5.41 Å². The van der Waals surface area contributed by atoms with E-state index in [0.29, 0.717) is 6.61 Å². The molecule has 0 amide bonds. The number of fused-ring (bicyclic) bond motifs is 1. The summed E-state index contributed by atoms with van der Waals surface area (Å²) in [7, 11) is 0. The number of hydrogen-bond acceptors (Lipinski definition) is 2. The van der Waals surface area contributed by atoms with Gasteiger partial charge >= 0.3 is 0 Å². The molecule has 1 atom stereocenters. The van der Waals surface area contributed by atoms with Gasteiger partial charge in [-0.3, -0.25) is 0 Å². The molecule has 1 unspecified atom stereocenters. The van der Waals surface area contributed by atoms with Gasteiger partial charge in [-0.25, -0.2) is 0 Å². The summed E-state index contributed by atoms with van der Waals surface area (Å²) in [5.41, 5.74) is 3.11. The summed E-state index contributed by atoms with van der Waals surface area (Å²) >= 11 is 0. The molecule has 1 aliphatic rings. The maximum atomic E-state index is 6.31. The van der Waals surface area contributed by atoms with Crippen molar-refractivity contribution in [3.63, 3.8) is 0 Å². The van der Waals surface area contributed by atoms with Gasteiger partial charge in [0.1, 0.15) is 23.9 Å². The third-order valence-electron chi connectivity index (χ3n) is 4.95. The van der Waals surface area contributed by atoms with Crippen LogP contribution in [0.1, 0.15) is 23.6 Å². The van der Waals surface area contributed by atoms with Crippen molar-refractivity contribution in [2.24, 2.45) is 0 Å². The van der Waals surface area contributed by atoms with E-state index in [4.69, 9.17) is 9.47 Å². The average Bonchev–Trinajstić information content (AvgIpc) is 2.73. The number of ether oxygens (including phenoxy) is 2. The maximum Gasteiger partial charge on any atom is 0.135 e. The molecule has 2 heteroatoms. The van der Waals surface area contributed by atoms with Gasteiger partial charge in [0.2, 0.25) is 0 Å². The SMILES string of the molecule is C=CCOc1ccc2c(c1)OC(c1ccccc1)=CC2(C)c1ccccc1. The molecule has 27 heavy (non-hydrogen) atoms. The molecule has 2 nitrogen and oxygen atoms in total. The van der Waals surface area contributed by atoms with Crippen LogP contribution < -0.4 is 9.47 Å². The van der Waals surface area contributed by atoms with Crippen LogP contribution in [0.3, 0.4) is 0 Å². The minimum absolute atomic E-state index is 0.295. The quantitative estimate of drug-likeness (QED) is 0.524. The predicted octanol–water partition coefficient (Wildman–Crippen LogP) is 5.99. The molecule has 0 radical (unpaired) electrons. The smallest absolute Gasteiger partial charge is 0.135 e. The largest absolute Gasteiger partial charge is 0.489 e. The fraction of sp³-hybridized carbons (Fsp3) is 0.120. The first-order valence-corrected chi connectivity index (χ1v) is 9.10. The lowest BCUT2D eigenvalue weighted by molar-refractivity contribution is 0.359. The second kappa shape index (κ2) is 7.16. The molecule has 0 N–H and O–H groups in total. The van der Waals surface area contributed by atoms with E-state index in [1.807, 2.05) is 36.4 Å². The summed E-state index contributed by atoms with van der Waals surface area (Å²) in [6.07, 6.45) is 3.95. The Bertz CT molecular complexity index is 974. The van der Waals surface area contributed by atoms with Gasteiger partial charge in [0, 0.05) is 22.6 Å². The van der Waals surface area contributed by atoms with E-state index in [1.165, 1.54) is 5.56 Å². The molecule has 1 heterocycles. The molecule has 0 saturated heterocycles. The number of benzene rings is 3. The number of allylic oxidation sites excluding steroid dienone is 1. The van der Waals surface area contributed by atoms with Crippen LogP contribution in [0.25, 0.3) is 5.76 Å². The number of rotatable bonds is 5. The highest BCUT2D eigenvalue weighted by Crippen LogP contribution is 2.46. The van der Waals surface area contributed by atoms with Gasteiger partial charge in [-0.05, 0) is 24.6 Å². The minimum Gasteiger partial charge on any atom is -0.489 e. The van der Waals surface area contributed by atoms with Gasteiger partial charge in [0.05, 0.1) is 0 Å². The van der Waals surface area contributed by atoms with E-state index in [-0.39, 0.29) is 5.41 Å². The standard InChI is InChI=1S/C25H22O2/c1-3-16-26-21-14-15-22-23(17-21)27-24(19-10-6-4-7-11-19)18-25(22,2)20-12-8-5-9-13-20/h3-15,17-18H,1,16H2,2H3. The van der Waals surface area contributed by atoms with Gasteiger partial charge in [-0.2, -0.15) is 0 Å². The van der Waals surface area contributed by atoms with Crippen LogP contribution in [0.4, 0.5) is 0 Å². The predicted molar refractivity (Wildman–Crippen MR) is 110 cm³/mol. The molecule has 0 aromatic heterocycles. The molecule has 4 rings (SSSR count). The normalized spacial score (nSPS) is 18.0. The van der Waals surface area contributed by atoms with Gasteiger partial charge in [0.25, 0.3) is 0 Å². The molecule has 0 saturated carbocycles. The van der Waals surface area contributed by atoms with Crippen molar-refractivity contribution in [3.05, 3.63) is 114 Å².